The monoisotopic (exact) mass is 255 g/mol. The molecule has 1 aliphatic heterocycles. The second-order valence-corrected chi connectivity index (χ2v) is 6.33. The number of nitrogens with zero attached hydrogens (tertiary/aromatic N) is 1. The molecule has 0 aromatic carbocycles. The average molecular weight is 255 g/mol. The summed E-state index contributed by atoms with van der Waals surface area (Å²) in [6, 6.07) is 0. The third-order valence-electron chi connectivity index (χ3n) is 3.81. The SMILES string of the molecule is CC(C)(C)OC(=O)N1CC(C2CCC2C(=O)O)C1. The van der Waals surface area contributed by atoms with E-state index in [9.17, 15) is 9.59 Å². The van der Waals surface area contributed by atoms with Gasteiger partial charge in [-0.2, -0.15) is 0 Å². The predicted molar refractivity (Wildman–Crippen MR) is 65.1 cm³/mol. The zero-order valence-corrected chi connectivity index (χ0v) is 11.2. The molecule has 1 saturated heterocycles. The van der Waals surface area contributed by atoms with Gasteiger partial charge in [0.05, 0.1) is 5.92 Å². The molecule has 102 valence electrons. The van der Waals surface area contributed by atoms with Gasteiger partial charge in [-0.15, -0.1) is 0 Å². The van der Waals surface area contributed by atoms with Gasteiger partial charge in [0.2, 0.25) is 0 Å². The largest absolute Gasteiger partial charge is 0.481 e. The van der Waals surface area contributed by atoms with E-state index in [1.165, 1.54) is 0 Å². The van der Waals surface area contributed by atoms with E-state index in [4.69, 9.17) is 9.84 Å². The summed E-state index contributed by atoms with van der Waals surface area (Å²) in [6.07, 6.45) is 1.47. The van der Waals surface area contributed by atoms with Crippen LogP contribution in [0, 0.1) is 17.8 Å². The fourth-order valence-corrected chi connectivity index (χ4v) is 2.66. The lowest BCUT2D eigenvalue weighted by molar-refractivity contribution is -0.151. The van der Waals surface area contributed by atoms with Crippen LogP contribution in [-0.2, 0) is 9.53 Å². The van der Waals surface area contributed by atoms with Crippen LogP contribution in [0.1, 0.15) is 33.6 Å². The smallest absolute Gasteiger partial charge is 0.410 e. The number of hydrogen-bond donors (Lipinski definition) is 1. The average Bonchev–Trinajstić information content (AvgIpc) is 2.03. The van der Waals surface area contributed by atoms with E-state index in [0.717, 1.165) is 12.8 Å². The lowest BCUT2D eigenvalue weighted by atomic mass is 9.65. The minimum atomic E-state index is -0.693. The molecular formula is C13H21NO4. The van der Waals surface area contributed by atoms with Crippen LogP contribution in [0.2, 0.25) is 0 Å². The number of carbonyl (C=O) groups excluding carboxylic acids is 1. The Kier molecular flexibility index (Phi) is 3.25. The third kappa shape index (κ3) is 2.60. The normalized spacial score (nSPS) is 28.3. The zero-order valence-electron chi connectivity index (χ0n) is 11.2. The Morgan fingerprint density at radius 1 is 1.22 bits per heavy atom. The number of likely N-dealkylation sites (tertiary alicyclic amines) is 1. The van der Waals surface area contributed by atoms with E-state index in [1.807, 2.05) is 20.8 Å². The summed E-state index contributed by atoms with van der Waals surface area (Å²) in [4.78, 5) is 24.3. The van der Waals surface area contributed by atoms with E-state index in [-0.39, 0.29) is 17.9 Å². The third-order valence-corrected chi connectivity index (χ3v) is 3.81. The minimum absolute atomic E-state index is 0.198. The molecule has 1 heterocycles. The molecule has 1 aliphatic carbocycles. The number of amides is 1. The van der Waals surface area contributed by atoms with Crippen molar-refractivity contribution < 1.29 is 19.4 Å². The fourth-order valence-electron chi connectivity index (χ4n) is 2.66. The van der Waals surface area contributed by atoms with Gasteiger partial charge in [-0.1, -0.05) is 0 Å². The van der Waals surface area contributed by atoms with Gasteiger partial charge in [0.15, 0.2) is 0 Å². The van der Waals surface area contributed by atoms with Crippen molar-refractivity contribution in [2.24, 2.45) is 17.8 Å². The van der Waals surface area contributed by atoms with Crippen molar-refractivity contribution in [1.82, 2.24) is 4.90 Å². The molecule has 0 spiro atoms. The second kappa shape index (κ2) is 4.44. The molecule has 2 atom stereocenters. The molecule has 0 radical (unpaired) electrons. The number of aliphatic carboxylic acids is 1. The van der Waals surface area contributed by atoms with Crippen LogP contribution >= 0.6 is 0 Å². The Balaban J connectivity index is 1.77. The Morgan fingerprint density at radius 3 is 2.22 bits per heavy atom. The van der Waals surface area contributed by atoms with E-state index >= 15 is 0 Å². The van der Waals surface area contributed by atoms with Crippen LogP contribution in [0.5, 0.6) is 0 Å². The van der Waals surface area contributed by atoms with Crippen LogP contribution in [0.4, 0.5) is 4.79 Å². The summed E-state index contributed by atoms with van der Waals surface area (Å²) >= 11 is 0. The van der Waals surface area contributed by atoms with Crippen molar-refractivity contribution in [3.8, 4) is 0 Å². The maximum absolute atomic E-state index is 11.7. The first-order valence-corrected chi connectivity index (χ1v) is 6.48. The molecule has 0 aromatic heterocycles. The molecule has 2 aliphatic rings. The summed E-state index contributed by atoms with van der Waals surface area (Å²) in [5.74, 6) is -0.300. The number of carboxylic acid groups (broad SMARTS) is 1. The lowest BCUT2D eigenvalue weighted by Gasteiger charge is -2.48. The molecule has 2 fully saturated rings. The van der Waals surface area contributed by atoms with Crippen molar-refractivity contribution in [2.45, 2.75) is 39.2 Å². The Hall–Kier alpha value is -1.26. The van der Waals surface area contributed by atoms with E-state index < -0.39 is 11.6 Å². The topological polar surface area (TPSA) is 66.8 Å². The van der Waals surface area contributed by atoms with Crippen LogP contribution < -0.4 is 0 Å². The fraction of sp³-hybridized carbons (Fsp3) is 0.846. The highest BCUT2D eigenvalue weighted by Gasteiger charge is 2.47. The van der Waals surface area contributed by atoms with Gasteiger partial charge in [0, 0.05) is 13.1 Å². The molecule has 2 rings (SSSR count). The summed E-state index contributed by atoms with van der Waals surface area (Å²) in [7, 11) is 0. The molecule has 1 N–H and O–H groups in total. The van der Waals surface area contributed by atoms with Crippen molar-refractivity contribution in [2.75, 3.05) is 13.1 Å². The first kappa shape index (κ1) is 13.2. The number of hydrogen-bond acceptors (Lipinski definition) is 3. The molecular weight excluding hydrogens is 234 g/mol. The molecule has 18 heavy (non-hydrogen) atoms. The predicted octanol–water partition coefficient (Wildman–Crippen LogP) is 1.96. The Morgan fingerprint density at radius 2 is 1.83 bits per heavy atom. The van der Waals surface area contributed by atoms with Gasteiger partial charge in [-0.3, -0.25) is 4.79 Å². The Labute approximate surface area is 107 Å². The van der Waals surface area contributed by atoms with Gasteiger partial charge in [0.25, 0.3) is 0 Å². The first-order valence-electron chi connectivity index (χ1n) is 6.48. The molecule has 5 nitrogen and oxygen atoms in total. The van der Waals surface area contributed by atoms with Gasteiger partial charge in [-0.25, -0.2) is 4.79 Å². The number of carbonyl (C=O) groups is 2. The van der Waals surface area contributed by atoms with Crippen LogP contribution in [-0.4, -0.2) is 40.8 Å². The van der Waals surface area contributed by atoms with Crippen LogP contribution in [0.25, 0.3) is 0 Å². The highest BCUT2D eigenvalue weighted by molar-refractivity contribution is 5.72. The summed E-state index contributed by atoms with van der Waals surface area (Å²) in [5.41, 5.74) is -0.470. The minimum Gasteiger partial charge on any atom is -0.481 e. The lowest BCUT2D eigenvalue weighted by Crippen LogP contribution is -2.57. The molecule has 0 aromatic rings. The van der Waals surface area contributed by atoms with E-state index in [2.05, 4.69) is 0 Å². The maximum Gasteiger partial charge on any atom is 0.410 e. The summed E-state index contributed by atoms with van der Waals surface area (Å²) in [6.45, 7) is 6.81. The number of ether oxygens (including phenoxy) is 1. The first-order chi connectivity index (χ1) is 8.28. The highest BCUT2D eigenvalue weighted by atomic mass is 16.6. The number of rotatable bonds is 2. The van der Waals surface area contributed by atoms with E-state index in [1.54, 1.807) is 4.90 Å². The van der Waals surface area contributed by atoms with Crippen molar-refractivity contribution in [1.29, 1.82) is 0 Å². The van der Waals surface area contributed by atoms with Crippen molar-refractivity contribution in [3.63, 3.8) is 0 Å². The quantitative estimate of drug-likeness (QED) is 0.819. The van der Waals surface area contributed by atoms with Gasteiger partial charge < -0.3 is 14.7 Å². The number of carboxylic acids is 1. The Bertz CT molecular complexity index is 354. The zero-order chi connectivity index (χ0) is 13.5. The highest BCUT2D eigenvalue weighted by Crippen LogP contribution is 2.43. The van der Waals surface area contributed by atoms with E-state index in [0.29, 0.717) is 19.0 Å². The standard InChI is InChI=1S/C13H21NO4/c1-13(2,3)18-12(17)14-6-8(7-14)9-4-5-10(9)11(15)16/h8-10H,4-7H2,1-3H3,(H,15,16). The summed E-state index contributed by atoms with van der Waals surface area (Å²) in [5, 5.41) is 8.99. The molecule has 2 unspecified atom stereocenters. The van der Waals surface area contributed by atoms with Gasteiger partial charge >= 0.3 is 12.1 Å². The van der Waals surface area contributed by atoms with Gasteiger partial charge in [-0.05, 0) is 45.4 Å². The van der Waals surface area contributed by atoms with Gasteiger partial charge in [0.1, 0.15) is 5.60 Å². The van der Waals surface area contributed by atoms with Crippen LogP contribution in [0.3, 0.4) is 0 Å². The van der Waals surface area contributed by atoms with Crippen molar-refractivity contribution in [3.05, 3.63) is 0 Å². The van der Waals surface area contributed by atoms with Crippen molar-refractivity contribution >= 4 is 12.1 Å². The maximum atomic E-state index is 11.7. The molecule has 0 bridgehead atoms. The molecule has 5 heteroatoms. The summed E-state index contributed by atoms with van der Waals surface area (Å²) < 4.78 is 5.27. The molecule has 1 saturated carbocycles. The van der Waals surface area contributed by atoms with Crippen LogP contribution in [0.15, 0.2) is 0 Å². The molecule has 1 amide bonds. The second-order valence-electron chi connectivity index (χ2n) is 6.33.